The highest BCUT2D eigenvalue weighted by atomic mass is 32.2. The Labute approximate surface area is 111 Å². The van der Waals surface area contributed by atoms with Crippen molar-refractivity contribution in [3.05, 3.63) is 11.3 Å². The van der Waals surface area contributed by atoms with Crippen molar-refractivity contribution in [1.82, 2.24) is 9.78 Å². The van der Waals surface area contributed by atoms with E-state index in [9.17, 15) is 0 Å². The Hall–Kier alpha value is -0.750. The summed E-state index contributed by atoms with van der Waals surface area (Å²) < 4.78 is 1.84. The Morgan fingerprint density at radius 3 is 3.00 bits per heavy atom. The van der Waals surface area contributed by atoms with E-state index in [0.717, 1.165) is 22.8 Å². The van der Waals surface area contributed by atoms with Gasteiger partial charge in [-0.2, -0.15) is 16.9 Å². The number of nitrogens with two attached hydrogens (primary N) is 1. The molecule has 0 aliphatic carbocycles. The number of anilines is 1. The average Bonchev–Trinajstić information content (AvgIpc) is 2.55. The van der Waals surface area contributed by atoms with Gasteiger partial charge in [0.2, 0.25) is 0 Å². The quantitative estimate of drug-likeness (QED) is 0.818. The number of hydrogen-bond acceptors (Lipinski definition) is 4. The van der Waals surface area contributed by atoms with Gasteiger partial charge in [-0.05, 0) is 25.5 Å². The van der Waals surface area contributed by atoms with E-state index in [0.29, 0.717) is 11.0 Å². The van der Waals surface area contributed by atoms with Crippen molar-refractivity contribution in [3.63, 3.8) is 0 Å². The minimum absolute atomic E-state index is 0.418. The van der Waals surface area contributed by atoms with Gasteiger partial charge < -0.3 is 11.1 Å². The Morgan fingerprint density at radius 1 is 1.65 bits per heavy atom. The second-order valence-corrected chi connectivity index (χ2v) is 5.94. The molecular weight excluding hydrogens is 252 g/mol. The molecule has 0 aromatic carbocycles. The second kappa shape index (κ2) is 5.27. The first-order valence-electron chi connectivity index (χ1n) is 5.77. The maximum atomic E-state index is 5.77. The molecule has 94 valence electrons. The number of nitrogens with zero attached hydrogens (tertiary/aromatic N) is 2. The zero-order valence-electron chi connectivity index (χ0n) is 10.2. The van der Waals surface area contributed by atoms with Gasteiger partial charge in [0.1, 0.15) is 10.8 Å². The SMILES string of the molecule is Cc1nn(C)c(NC2CCCSC2)c1C(N)=S. The van der Waals surface area contributed by atoms with E-state index in [1.54, 1.807) is 0 Å². The fraction of sp³-hybridized carbons (Fsp3) is 0.636. The monoisotopic (exact) mass is 270 g/mol. The summed E-state index contributed by atoms with van der Waals surface area (Å²) in [6.45, 7) is 1.94. The third kappa shape index (κ3) is 2.74. The highest BCUT2D eigenvalue weighted by Gasteiger charge is 2.20. The van der Waals surface area contributed by atoms with Crippen LogP contribution in [0.5, 0.6) is 0 Å². The van der Waals surface area contributed by atoms with E-state index < -0.39 is 0 Å². The minimum Gasteiger partial charge on any atom is -0.389 e. The molecule has 1 aliphatic heterocycles. The maximum Gasteiger partial charge on any atom is 0.134 e. The molecule has 4 nitrogen and oxygen atoms in total. The summed E-state index contributed by atoms with van der Waals surface area (Å²) in [6.07, 6.45) is 2.47. The van der Waals surface area contributed by atoms with Crippen LogP contribution in [0.3, 0.4) is 0 Å². The van der Waals surface area contributed by atoms with Crippen LogP contribution < -0.4 is 11.1 Å². The van der Waals surface area contributed by atoms with E-state index in [1.807, 2.05) is 30.4 Å². The summed E-state index contributed by atoms with van der Waals surface area (Å²) in [6, 6.07) is 0.497. The number of aromatic nitrogens is 2. The first kappa shape index (κ1) is 12.7. The summed E-state index contributed by atoms with van der Waals surface area (Å²) in [4.78, 5) is 0.418. The molecule has 0 amide bonds. The minimum atomic E-state index is 0.418. The van der Waals surface area contributed by atoms with Gasteiger partial charge in [-0.1, -0.05) is 12.2 Å². The fourth-order valence-corrected chi connectivity index (χ4v) is 3.48. The van der Waals surface area contributed by atoms with Crippen LogP contribution in [0.2, 0.25) is 0 Å². The molecule has 0 saturated carbocycles. The molecule has 6 heteroatoms. The molecule has 2 rings (SSSR count). The van der Waals surface area contributed by atoms with Gasteiger partial charge in [-0.25, -0.2) is 0 Å². The third-order valence-electron chi connectivity index (χ3n) is 2.97. The highest BCUT2D eigenvalue weighted by molar-refractivity contribution is 7.99. The Balaban J connectivity index is 2.21. The molecule has 1 fully saturated rings. The van der Waals surface area contributed by atoms with Crippen molar-refractivity contribution in [1.29, 1.82) is 0 Å². The van der Waals surface area contributed by atoms with Crippen molar-refractivity contribution in [2.24, 2.45) is 12.8 Å². The molecule has 1 unspecified atom stereocenters. The van der Waals surface area contributed by atoms with Crippen LogP contribution in [0.25, 0.3) is 0 Å². The number of aryl methyl sites for hydroxylation is 2. The van der Waals surface area contributed by atoms with Crippen molar-refractivity contribution in [2.75, 3.05) is 16.8 Å². The zero-order valence-corrected chi connectivity index (χ0v) is 11.8. The van der Waals surface area contributed by atoms with Crippen LogP contribution in [0.1, 0.15) is 24.1 Å². The van der Waals surface area contributed by atoms with Gasteiger partial charge in [0.15, 0.2) is 0 Å². The van der Waals surface area contributed by atoms with Gasteiger partial charge in [0.25, 0.3) is 0 Å². The lowest BCUT2D eigenvalue weighted by Gasteiger charge is -2.24. The molecule has 0 spiro atoms. The second-order valence-electron chi connectivity index (χ2n) is 4.36. The maximum absolute atomic E-state index is 5.77. The van der Waals surface area contributed by atoms with E-state index >= 15 is 0 Å². The number of thiocarbonyl (C=S) groups is 1. The summed E-state index contributed by atoms with van der Waals surface area (Å²) >= 11 is 7.09. The predicted molar refractivity (Wildman–Crippen MR) is 77.8 cm³/mol. The topological polar surface area (TPSA) is 55.9 Å². The summed E-state index contributed by atoms with van der Waals surface area (Å²) in [7, 11) is 1.92. The van der Waals surface area contributed by atoms with Gasteiger partial charge in [0.05, 0.1) is 11.3 Å². The van der Waals surface area contributed by atoms with Crippen LogP contribution in [-0.4, -0.2) is 32.3 Å². The third-order valence-corrected chi connectivity index (χ3v) is 4.39. The van der Waals surface area contributed by atoms with Crippen LogP contribution in [0.15, 0.2) is 0 Å². The van der Waals surface area contributed by atoms with Crippen molar-refractivity contribution < 1.29 is 0 Å². The van der Waals surface area contributed by atoms with E-state index in [2.05, 4.69) is 10.4 Å². The molecule has 17 heavy (non-hydrogen) atoms. The van der Waals surface area contributed by atoms with Gasteiger partial charge in [0, 0.05) is 18.8 Å². The lowest BCUT2D eigenvalue weighted by Crippen LogP contribution is -2.28. The number of thioether (sulfide) groups is 1. The van der Waals surface area contributed by atoms with Gasteiger partial charge in [-0.3, -0.25) is 4.68 Å². The summed E-state index contributed by atoms with van der Waals surface area (Å²) in [5.74, 6) is 3.37. The molecule has 0 bridgehead atoms. The summed E-state index contributed by atoms with van der Waals surface area (Å²) in [5, 5.41) is 7.91. The van der Waals surface area contributed by atoms with E-state index in [-0.39, 0.29) is 0 Å². The number of hydrogen-bond donors (Lipinski definition) is 2. The molecule has 2 heterocycles. The largest absolute Gasteiger partial charge is 0.389 e. The molecule has 1 saturated heterocycles. The van der Waals surface area contributed by atoms with Crippen LogP contribution in [0, 0.1) is 6.92 Å². The smallest absolute Gasteiger partial charge is 0.134 e. The summed E-state index contributed by atoms with van der Waals surface area (Å²) in [5.41, 5.74) is 7.55. The molecule has 1 aromatic rings. The van der Waals surface area contributed by atoms with Crippen molar-refractivity contribution in [3.8, 4) is 0 Å². The average molecular weight is 270 g/mol. The van der Waals surface area contributed by atoms with Crippen molar-refractivity contribution in [2.45, 2.75) is 25.8 Å². The Morgan fingerprint density at radius 2 is 2.41 bits per heavy atom. The fourth-order valence-electron chi connectivity index (χ4n) is 2.17. The number of rotatable bonds is 3. The first-order valence-corrected chi connectivity index (χ1v) is 7.33. The molecule has 1 aliphatic rings. The van der Waals surface area contributed by atoms with Crippen LogP contribution in [-0.2, 0) is 7.05 Å². The molecule has 3 N–H and O–H groups in total. The number of nitrogens with one attached hydrogen (secondary N) is 1. The van der Waals surface area contributed by atoms with Gasteiger partial charge >= 0.3 is 0 Å². The lowest BCUT2D eigenvalue weighted by atomic mass is 10.1. The Bertz CT molecular complexity index is 421. The molecule has 1 atom stereocenters. The molecule has 1 aromatic heterocycles. The van der Waals surface area contributed by atoms with Crippen LogP contribution in [0.4, 0.5) is 5.82 Å². The molecule has 0 radical (unpaired) electrons. The zero-order chi connectivity index (χ0) is 12.4. The van der Waals surface area contributed by atoms with Gasteiger partial charge in [-0.15, -0.1) is 0 Å². The van der Waals surface area contributed by atoms with E-state index in [4.69, 9.17) is 18.0 Å². The Kier molecular flexibility index (Phi) is 3.93. The standard InChI is InChI=1S/C11H18N4S2/c1-7-9(10(12)16)11(15(2)14-7)13-8-4-3-5-17-6-8/h8,13H,3-6H2,1-2H3,(H2,12,16). The van der Waals surface area contributed by atoms with Crippen molar-refractivity contribution >= 4 is 34.8 Å². The predicted octanol–water partition coefficient (Wildman–Crippen LogP) is 1.67. The first-order chi connectivity index (χ1) is 8.09. The highest BCUT2D eigenvalue weighted by Crippen LogP contribution is 2.24. The molecular formula is C11H18N4S2. The normalized spacial score (nSPS) is 20.2. The van der Waals surface area contributed by atoms with E-state index in [1.165, 1.54) is 18.6 Å². The van der Waals surface area contributed by atoms with Crippen LogP contribution >= 0.6 is 24.0 Å². The lowest BCUT2D eigenvalue weighted by molar-refractivity contribution is 0.666.